The van der Waals surface area contributed by atoms with Gasteiger partial charge in [0, 0.05) is 5.56 Å². The van der Waals surface area contributed by atoms with Crippen LogP contribution in [0, 0.1) is 0 Å². The molecule has 0 aliphatic heterocycles. The lowest BCUT2D eigenvalue weighted by Crippen LogP contribution is -2.05. The summed E-state index contributed by atoms with van der Waals surface area (Å²) in [6, 6.07) is 7.30. The molecule has 1 N–H and O–H groups in total. The van der Waals surface area contributed by atoms with Crippen LogP contribution in [-0.4, -0.2) is 35.1 Å². The van der Waals surface area contributed by atoms with Crippen LogP contribution in [0.3, 0.4) is 0 Å². The molecule has 0 aliphatic rings. The van der Waals surface area contributed by atoms with Crippen LogP contribution in [0.1, 0.15) is 5.56 Å². The highest BCUT2D eigenvalue weighted by atomic mass is 16.5. The molecule has 0 amide bonds. The van der Waals surface area contributed by atoms with Gasteiger partial charge in [-0.2, -0.15) is 9.78 Å². The Hall–Kier alpha value is -2.50. The summed E-state index contributed by atoms with van der Waals surface area (Å²) in [4.78, 5) is 10.8. The number of rotatable bonds is 5. The molecule has 0 bridgehead atoms. The molecule has 0 atom stereocenters. The van der Waals surface area contributed by atoms with Crippen LogP contribution in [0.2, 0.25) is 0 Å². The third kappa shape index (κ3) is 2.52. The second-order valence-electron chi connectivity index (χ2n) is 3.83. The maximum Gasteiger partial charge on any atom is 0.308 e. The number of benzene rings is 1. The van der Waals surface area contributed by atoms with Crippen molar-refractivity contribution in [3.63, 3.8) is 0 Å². The van der Waals surface area contributed by atoms with E-state index in [1.807, 2.05) is 18.2 Å². The Morgan fingerprint density at radius 2 is 2.05 bits per heavy atom. The predicted octanol–water partition coefficient (Wildman–Crippen LogP) is 1.52. The van der Waals surface area contributed by atoms with E-state index in [-0.39, 0.29) is 6.42 Å². The summed E-state index contributed by atoms with van der Waals surface area (Å²) in [5, 5.41) is 13.0. The topological polar surface area (TPSA) is 73.6 Å². The molecule has 2 rings (SSSR count). The summed E-state index contributed by atoms with van der Waals surface area (Å²) in [5.41, 5.74) is 1.21. The number of carboxylic acids is 1. The molecule has 0 saturated carbocycles. The Balaban J connectivity index is 2.50. The fraction of sp³-hybridized carbons (Fsp3) is 0.231. The van der Waals surface area contributed by atoms with E-state index in [0.29, 0.717) is 22.9 Å². The van der Waals surface area contributed by atoms with Crippen molar-refractivity contribution in [2.75, 3.05) is 14.2 Å². The van der Waals surface area contributed by atoms with E-state index in [0.717, 1.165) is 0 Å². The third-order valence-electron chi connectivity index (χ3n) is 2.64. The van der Waals surface area contributed by atoms with Crippen molar-refractivity contribution in [3.05, 3.63) is 36.0 Å². The molecule has 0 saturated heterocycles. The zero-order valence-electron chi connectivity index (χ0n) is 10.7. The van der Waals surface area contributed by atoms with Gasteiger partial charge in [-0.25, -0.2) is 0 Å². The number of hydrogen-bond donors (Lipinski definition) is 1. The highest BCUT2D eigenvalue weighted by Gasteiger charge is 2.17. The summed E-state index contributed by atoms with van der Waals surface area (Å²) >= 11 is 0. The van der Waals surface area contributed by atoms with E-state index in [4.69, 9.17) is 14.6 Å². The van der Waals surface area contributed by atoms with Gasteiger partial charge in [0.25, 0.3) is 0 Å². The van der Waals surface area contributed by atoms with Crippen LogP contribution < -0.4 is 9.47 Å². The lowest BCUT2D eigenvalue weighted by atomic mass is 10.2. The van der Waals surface area contributed by atoms with Gasteiger partial charge in [-0.1, -0.05) is 12.1 Å². The van der Waals surface area contributed by atoms with E-state index in [9.17, 15) is 4.79 Å². The van der Waals surface area contributed by atoms with Crippen LogP contribution >= 0.6 is 0 Å². The van der Waals surface area contributed by atoms with Crippen molar-refractivity contribution in [1.29, 1.82) is 0 Å². The molecular formula is C13H14N2O4. The maximum atomic E-state index is 10.8. The summed E-state index contributed by atoms with van der Waals surface area (Å²) in [7, 11) is 3.04. The van der Waals surface area contributed by atoms with E-state index in [2.05, 4.69) is 5.10 Å². The molecule has 0 unspecified atom stereocenters. The SMILES string of the molecule is COc1ccccc1-n1ncc(CC(=O)O)c1OC. The van der Waals surface area contributed by atoms with E-state index in [1.165, 1.54) is 18.0 Å². The molecule has 100 valence electrons. The Morgan fingerprint density at radius 1 is 1.32 bits per heavy atom. The van der Waals surface area contributed by atoms with Crippen LogP contribution in [0.5, 0.6) is 11.6 Å². The third-order valence-corrected chi connectivity index (χ3v) is 2.64. The average molecular weight is 262 g/mol. The van der Waals surface area contributed by atoms with Gasteiger partial charge in [-0.3, -0.25) is 4.79 Å². The number of para-hydroxylation sites is 2. The summed E-state index contributed by atoms with van der Waals surface area (Å²) < 4.78 is 12.0. The largest absolute Gasteiger partial charge is 0.494 e. The number of aliphatic carboxylic acids is 1. The van der Waals surface area contributed by atoms with Gasteiger partial charge in [0.05, 0.1) is 26.8 Å². The number of methoxy groups -OCH3 is 2. The first-order chi connectivity index (χ1) is 9.17. The number of hydrogen-bond acceptors (Lipinski definition) is 4. The van der Waals surface area contributed by atoms with Crippen molar-refractivity contribution in [3.8, 4) is 17.3 Å². The summed E-state index contributed by atoms with van der Waals surface area (Å²) in [6.07, 6.45) is 1.34. The molecule has 1 aromatic heterocycles. The van der Waals surface area contributed by atoms with Crippen LogP contribution in [0.25, 0.3) is 5.69 Å². The minimum atomic E-state index is -0.933. The number of carboxylic acid groups (broad SMARTS) is 1. The van der Waals surface area contributed by atoms with Crippen LogP contribution in [0.15, 0.2) is 30.5 Å². The Labute approximate surface area is 110 Å². The first-order valence-corrected chi connectivity index (χ1v) is 5.63. The minimum absolute atomic E-state index is 0.141. The maximum absolute atomic E-state index is 10.8. The average Bonchev–Trinajstić information content (AvgIpc) is 2.80. The van der Waals surface area contributed by atoms with Gasteiger partial charge in [-0.15, -0.1) is 0 Å². The molecule has 0 aliphatic carbocycles. The zero-order valence-corrected chi connectivity index (χ0v) is 10.7. The monoisotopic (exact) mass is 262 g/mol. The number of ether oxygens (including phenoxy) is 2. The van der Waals surface area contributed by atoms with Gasteiger partial charge < -0.3 is 14.6 Å². The van der Waals surface area contributed by atoms with Crippen LogP contribution in [0.4, 0.5) is 0 Å². The van der Waals surface area contributed by atoms with Crippen molar-refractivity contribution in [2.24, 2.45) is 0 Å². The molecule has 0 radical (unpaired) electrons. The minimum Gasteiger partial charge on any atom is -0.494 e. The first kappa shape index (κ1) is 12.9. The molecule has 1 aromatic carbocycles. The molecular weight excluding hydrogens is 248 g/mol. The highest BCUT2D eigenvalue weighted by molar-refractivity contribution is 5.71. The number of nitrogens with zero attached hydrogens (tertiary/aromatic N) is 2. The molecule has 6 nitrogen and oxygen atoms in total. The fourth-order valence-electron chi connectivity index (χ4n) is 1.85. The molecule has 6 heteroatoms. The smallest absolute Gasteiger partial charge is 0.308 e. The number of aromatic nitrogens is 2. The Kier molecular flexibility index (Phi) is 3.70. The normalized spacial score (nSPS) is 10.2. The van der Waals surface area contributed by atoms with E-state index >= 15 is 0 Å². The van der Waals surface area contributed by atoms with Crippen molar-refractivity contribution >= 4 is 5.97 Å². The van der Waals surface area contributed by atoms with Crippen molar-refractivity contribution in [1.82, 2.24) is 9.78 Å². The second-order valence-corrected chi connectivity index (χ2v) is 3.83. The summed E-state index contributed by atoms with van der Waals surface area (Å²) in [5.74, 6) is 0.0931. The standard InChI is InChI=1S/C13H14N2O4/c1-18-11-6-4-3-5-10(11)15-13(19-2)9(8-14-15)7-12(16)17/h3-6,8H,7H2,1-2H3,(H,16,17). The molecule has 2 aromatic rings. The lowest BCUT2D eigenvalue weighted by Gasteiger charge is -2.11. The van der Waals surface area contributed by atoms with E-state index < -0.39 is 5.97 Å². The Bertz CT molecular complexity index is 592. The zero-order chi connectivity index (χ0) is 13.8. The van der Waals surface area contributed by atoms with E-state index in [1.54, 1.807) is 13.2 Å². The molecule has 19 heavy (non-hydrogen) atoms. The van der Waals surface area contributed by atoms with Gasteiger partial charge in [-0.05, 0) is 12.1 Å². The second kappa shape index (κ2) is 5.43. The molecule has 0 fully saturated rings. The lowest BCUT2D eigenvalue weighted by molar-refractivity contribution is -0.136. The van der Waals surface area contributed by atoms with Crippen molar-refractivity contribution < 1.29 is 19.4 Å². The molecule has 0 spiro atoms. The van der Waals surface area contributed by atoms with Gasteiger partial charge in [0.15, 0.2) is 0 Å². The fourth-order valence-corrected chi connectivity index (χ4v) is 1.85. The van der Waals surface area contributed by atoms with Gasteiger partial charge in [0.2, 0.25) is 5.88 Å². The molecule has 1 heterocycles. The quantitative estimate of drug-likeness (QED) is 0.884. The van der Waals surface area contributed by atoms with Gasteiger partial charge in [0.1, 0.15) is 11.4 Å². The van der Waals surface area contributed by atoms with Gasteiger partial charge >= 0.3 is 5.97 Å². The Morgan fingerprint density at radius 3 is 2.68 bits per heavy atom. The van der Waals surface area contributed by atoms with Crippen LogP contribution in [-0.2, 0) is 11.2 Å². The number of carbonyl (C=O) groups is 1. The highest BCUT2D eigenvalue weighted by Crippen LogP contribution is 2.28. The van der Waals surface area contributed by atoms with Crippen molar-refractivity contribution in [2.45, 2.75) is 6.42 Å². The predicted molar refractivity (Wildman–Crippen MR) is 68.0 cm³/mol. The summed E-state index contributed by atoms with van der Waals surface area (Å²) in [6.45, 7) is 0. The first-order valence-electron chi connectivity index (χ1n) is 5.63.